The topological polar surface area (TPSA) is 61.6 Å². The molecule has 0 unspecified atom stereocenters. The second-order valence-corrected chi connectivity index (χ2v) is 6.60. The number of aryl methyl sites for hydroxylation is 1. The summed E-state index contributed by atoms with van der Waals surface area (Å²) >= 11 is 0. The van der Waals surface area contributed by atoms with E-state index in [9.17, 15) is 8.78 Å². The second-order valence-electron chi connectivity index (χ2n) is 6.60. The molecular formula is C19H26F2IN7. The van der Waals surface area contributed by atoms with Gasteiger partial charge in [0.1, 0.15) is 24.0 Å². The molecule has 29 heavy (non-hydrogen) atoms. The number of hydrogen-bond acceptors (Lipinski definition) is 4. The molecule has 158 valence electrons. The van der Waals surface area contributed by atoms with Gasteiger partial charge in [-0.25, -0.2) is 13.8 Å². The van der Waals surface area contributed by atoms with Crippen LogP contribution >= 0.6 is 24.0 Å². The average molecular weight is 517 g/mol. The van der Waals surface area contributed by atoms with Crippen LogP contribution in [0.2, 0.25) is 0 Å². The molecule has 1 aliphatic rings. The van der Waals surface area contributed by atoms with Crippen LogP contribution < -0.4 is 10.2 Å². The van der Waals surface area contributed by atoms with Crippen molar-refractivity contribution in [3.8, 4) is 0 Å². The molecule has 0 spiro atoms. The fourth-order valence-corrected chi connectivity index (χ4v) is 3.05. The Bertz CT molecular complexity index is 860. The minimum Gasteiger partial charge on any atom is -0.366 e. The molecule has 2 aromatic rings. The summed E-state index contributed by atoms with van der Waals surface area (Å²) < 4.78 is 29.4. The van der Waals surface area contributed by atoms with Crippen molar-refractivity contribution in [2.24, 2.45) is 12.0 Å². The number of halogens is 3. The van der Waals surface area contributed by atoms with Crippen LogP contribution in [0.3, 0.4) is 0 Å². The average Bonchev–Trinajstić information content (AvgIpc) is 3.02. The third-order valence-electron chi connectivity index (χ3n) is 4.79. The van der Waals surface area contributed by atoms with Crippen LogP contribution in [0.5, 0.6) is 0 Å². The molecule has 3 rings (SSSR count). The van der Waals surface area contributed by atoms with Crippen LogP contribution in [0.15, 0.2) is 35.8 Å². The van der Waals surface area contributed by atoms with Crippen molar-refractivity contribution in [1.82, 2.24) is 25.0 Å². The highest BCUT2D eigenvalue weighted by Crippen LogP contribution is 2.22. The molecular weight excluding hydrogens is 491 g/mol. The highest BCUT2D eigenvalue weighted by atomic mass is 127. The van der Waals surface area contributed by atoms with Crippen LogP contribution in [0.25, 0.3) is 0 Å². The minimum atomic E-state index is -0.437. The lowest BCUT2D eigenvalue weighted by molar-refractivity contribution is 0.371. The molecule has 1 N–H and O–H groups in total. The van der Waals surface area contributed by atoms with Gasteiger partial charge in [-0.3, -0.25) is 0 Å². The zero-order valence-corrected chi connectivity index (χ0v) is 18.9. The first-order valence-electron chi connectivity index (χ1n) is 9.18. The highest BCUT2D eigenvalue weighted by molar-refractivity contribution is 14.0. The predicted octanol–water partition coefficient (Wildman–Crippen LogP) is 2.47. The first-order valence-corrected chi connectivity index (χ1v) is 9.18. The molecule has 1 aromatic heterocycles. The number of benzene rings is 1. The Kier molecular flexibility index (Phi) is 8.35. The molecule has 10 heteroatoms. The number of anilines is 1. The molecule has 0 bridgehead atoms. The van der Waals surface area contributed by atoms with Crippen molar-refractivity contribution in [3.63, 3.8) is 0 Å². The van der Waals surface area contributed by atoms with E-state index in [0.29, 0.717) is 45.0 Å². The predicted molar refractivity (Wildman–Crippen MR) is 121 cm³/mol. The molecule has 1 aliphatic heterocycles. The second kappa shape index (κ2) is 10.5. The Labute approximate surface area is 186 Å². The van der Waals surface area contributed by atoms with E-state index < -0.39 is 11.6 Å². The van der Waals surface area contributed by atoms with Crippen molar-refractivity contribution in [3.05, 3.63) is 54.1 Å². The molecule has 1 fully saturated rings. The normalized spacial score (nSPS) is 14.6. The van der Waals surface area contributed by atoms with Crippen LogP contribution in [-0.2, 0) is 13.6 Å². The standard InChI is InChI=1S/C19H25F2N7.HI/c1-4-7-22-19(23-13-18-25-24-14(2)26(18)3)28-10-8-27(9-11-28)17-12-15(20)5-6-16(17)21;/h4-6,12H,1,7-11,13H2,2-3H3,(H,22,23);1H. The van der Waals surface area contributed by atoms with Gasteiger partial charge in [-0.1, -0.05) is 6.08 Å². The van der Waals surface area contributed by atoms with Gasteiger partial charge in [-0.15, -0.1) is 40.8 Å². The van der Waals surface area contributed by atoms with Crippen LogP contribution in [0.4, 0.5) is 14.5 Å². The number of aliphatic imine (C=N–C) groups is 1. The third kappa shape index (κ3) is 5.64. The monoisotopic (exact) mass is 517 g/mol. The SMILES string of the molecule is C=CCNC(=NCc1nnc(C)n1C)N1CCN(c2cc(F)ccc2F)CC1.I. The number of nitrogens with one attached hydrogen (secondary N) is 1. The molecule has 0 saturated carbocycles. The summed E-state index contributed by atoms with van der Waals surface area (Å²) in [5.41, 5.74) is 0.298. The number of guanidine groups is 1. The van der Waals surface area contributed by atoms with E-state index >= 15 is 0 Å². The van der Waals surface area contributed by atoms with E-state index in [1.807, 2.05) is 23.4 Å². The Morgan fingerprint density at radius 1 is 1.24 bits per heavy atom. The molecule has 0 atom stereocenters. The number of aromatic nitrogens is 3. The summed E-state index contributed by atoms with van der Waals surface area (Å²) in [6.45, 7) is 9.01. The summed E-state index contributed by atoms with van der Waals surface area (Å²) in [6, 6.07) is 3.54. The van der Waals surface area contributed by atoms with Gasteiger partial charge in [0.05, 0.1) is 5.69 Å². The van der Waals surface area contributed by atoms with Crippen LogP contribution in [0, 0.1) is 18.6 Å². The highest BCUT2D eigenvalue weighted by Gasteiger charge is 2.22. The lowest BCUT2D eigenvalue weighted by Gasteiger charge is -2.37. The molecule has 7 nitrogen and oxygen atoms in total. The quantitative estimate of drug-likeness (QED) is 0.286. The Balaban J connectivity index is 0.00000300. The summed E-state index contributed by atoms with van der Waals surface area (Å²) in [5, 5.41) is 11.4. The fourth-order valence-electron chi connectivity index (χ4n) is 3.05. The van der Waals surface area contributed by atoms with Gasteiger partial charge in [0.15, 0.2) is 11.8 Å². The summed E-state index contributed by atoms with van der Waals surface area (Å²) in [4.78, 5) is 8.62. The Hall–Kier alpha value is -2.24. The molecule has 0 aliphatic carbocycles. The molecule has 1 aromatic carbocycles. The number of piperazine rings is 1. The van der Waals surface area contributed by atoms with Gasteiger partial charge in [0, 0.05) is 45.8 Å². The lowest BCUT2D eigenvalue weighted by atomic mass is 10.2. The zero-order chi connectivity index (χ0) is 20.1. The maximum Gasteiger partial charge on any atom is 0.194 e. The van der Waals surface area contributed by atoms with Gasteiger partial charge in [0.2, 0.25) is 0 Å². The molecule has 2 heterocycles. The Morgan fingerprint density at radius 3 is 2.59 bits per heavy atom. The zero-order valence-electron chi connectivity index (χ0n) is 16.6. The number of nitrogens with zero attached hydrogens (tertiary/aromatic N) is 6. The van der Waals surface area contributed by atoms with Crippen molar-refractivity contribution in [1.29, 1.82) is 0 Å². The smallest absolute Gasteiger partial charge is 0.194 e. The van der Waals surface area contributed by atoms with E-state index in [1.165, 1.54) is 12.1 Å². The van der Waals surface area contributed by atoms with Crippen molar-refractivity contribution < 1.29 is 8.78 Å². The van der Waals surface area contributed by atoms with Gasteiger partial charge >= 0.3 is 0 Å². The maximum atomic E-state index is 14.0. The first kappa shape index (κ1) is 23.0. The Morgan fingerprint density at radius 2 is 1.97 bits per heavy atom. The largest absolute Gasteiger partial charge is 0.366 e. The number of rotatable bonds is 5. The van der Waals surface area contributed by atoms with E-state index in [1.54, 1.807) is 6.08 Å². The molecule has 0 radical (unpaired) electrons. The first-order chi connectivity index (χ1) is 13.5. The van der Waals surface area contributed by atoms with E-state index in [2.05, 4.69) is 32.0 Å². The fraction of sp³-hybridized carbons (Fsp3) is 0.421. The number of hydrogen-bond donors (Lipinski definition) is 1. The van der Waals surface area contributed by atoms with Gasteiger partial charge in [-0.05, 0) is 19.1 Å². The summed E-state index contributed by atoms with van der Waals surface area (Å²) in [5.74, 6) is 1.49. The van der Waals surface area contributed by atoms with Crippen molar-refractivity contribution in [2.75, 3.05) is 37.6 Å². The van der Waals surface area contributed by atoms with Crippen molar-refractivity contribution in [2.45, 2.75) is 13.5 Å². The third-order valence-corrected chi connectivity index (χ3v) is 4.79. The van der Waals surface area contributed by atoms with Crippen LogP contribution in [-0.4, -0.2) is 58.3 Å². The van der Waals surface area contributed by atoms with E-state index in [0.717, 1.165) is 23.7 Å². The van der Waals surface area contributed by atoms with Crippen LogP contribution in [0.1, 0.15) is 11.6 Å². The summed E-state index contributed by atoms with van der Waals surface area (Å²) in [6.07, 6.45) is 1.76. The van der Waals surface area contributed by atoms with Gasteiger partial charge in [0.25, 0.3) is 0 Å². The van der Waals surface area contributed by atoms with E-state index in [4.69, 9.17) is 0 Å². The molecule has 0 amide bonds. The summed E-state index contributed by atoms with van der Waals surface area (Å²) in [7, 11) is 1.91. The maximum absolute atomic E-state index is 14.0. The van der Waals surface area contributed by atoms with Crippen molar-refractivity contribution >= 4 is 35.6 Å². The van der Waals surface area contributed by atoms with E-state index in [-0.39, 0.29) is 24.0 Å². The van der Waals surface area contributed by atoms with Gasteiger partial charge in [-0.2, -0.15) is 0 Å². The molecule has 1 saturated heterocycles. The lowest BCUT2D eigenvalue weighted by Crippen LogP contribution is -2.52. The van der Waals surface area contributed by atoms with Gasteiger partial charge < -0.3 is 19.7 Å². The minimum absolute atomic E-state index is 0.